The number of carbonyl (C=O) groups excluding carboxylic acids is 5. The Bertz CT molecular complexity index is 2140. The Balaban J connectivity index is 0.931. The maximum atomic E-state index is 14.4. The van der Waals surface area contributed by atoms with E-state index >= 15 is 0 Å². The highest BCUT2D eigenvalue weighted by molar-refractivity contribution is 6.25. The number of alkyl halides is 2. The van der Waals surface area contributed by atoms with Gasteiger partial charge in [-0.25, -0.2) is 8.78 Å². The van der Waals surface area contributed by atoms with E-state index in [0.717, 1.165) is 47.5 Å². The smallest absolute Gasteiger partial charge is 0.264 e. The maximum absolute atomic E-state index is 14.4. The number of halogens is 2. The van der Waals surface area contributed by atoms with Crippen LogP contribution in [-0.4, -0.2) is 110 Å². The fourth-order valence-electron chi connectivity index (χ4n) is 8.69. The summed E-state index contributed by atoms with van der Waals surface area (Å²) >= 11 is 0. The summed E-state index contributed by atoms with van der Waals surface area (Å²) in [7, 11) is 1.56. The van der Waals surface area contributed by atoms with E-state index in [4.69, 9.17) is 5.73 Å². The Kier molecular flexibility index (Phi) is 12.5. The molecular weight excluding hydrogens is 763 g/mol. The summed E-state index contributed by atoms with van der Waals surface area (Å²) in [6.45, 7) is 3.26. The molecule has 312 valence electrons. The summed E-state index contributed by atoms with van der Waals surface area (Å²) in [5.74, 6) is -1.97. The van der Waals surface area contributed by atoms with Gasteiger partial charge in [0.05, 0.1) is 11.1 Å². The molecule has 15 nitrogen and oxygen atoms in total. The standard InChI is InChI=1S/C42H50F2N10O5/c1-47-22-25(21-45)28-19-24-5-4-16-53(34(24)20-29(28)38(43)44)39(46)30-23-48-15-11-31(30)50-26-12-17-52(18-13-26)36(56)8-3-14-49-32-7-2-6-27-37(32)42(59)54(41(27)58)33-9-10-35(55)51-40(33)57/h2,6-7,19-22,26,33,38,46,48-50H,3-5,8-18,23,45H2,1H3,(H,51,55,57)/b25-21+,46-39?,47-22?. The fourth-order valence-corrected chi connectivity index (χ4v) is 8.69. The average Bonchev–Trinajstić information content (AvgIpc) is 3.49. The second kappa shape index (κ2) is 17.9. The lowest BCUT2D eigenvalue weighted by molar-refractivity contribution is -0.136. The molecule has 2 aromatic rings. The van der Waals surface area contributed by atoms with Gasteiger partial charge in [-0.05, 0) is 73.9 Å². The van der Waals surface area contributed by atoms with Gasteiger partial charge in [-0.1, -0.05) is 6.07 Å². The van der Waals surface area contributed by atoms with Crippen LogP contribution >= 0.6 is 0 Å². The van der Waals surface area contributed by atoms with Gasteiger partial charge in [0.1, 0.15) is 11.9 Å². The molecule has 5 aliphatic heterocycles. The van der Waals surface area contributed by atoms with Crippen molar-refractivity contribution in [1.82, 2.24) is 25.8 Å². The Morgan fingerprint density at radius 2 is 1.86 bits per heavy atom. The molecule has 0 bridgehead atoms. The Hall–Kier alpha value is -5.97. The second-order valence-corrected chi connectivity index (χ2v) is 15.4. The first-order valence-electron chi connectivity index (χ1n) is 20.2. The van der Waals surface area contributed by atoms with Gasteiger partial charge in [-0.3, -0.25) is 44.6 Å². The largest absolute Gasteiger partial charge is 0.404 e. The number of imide groups is 2. The fraction of sp³-hybridized carbons (Fsp3) is 0.452. The Labute approximate surface area is 341 Å². The first kappa shape index (κ1) is 41.2. The molecule has 2 saturated heterocycles. The molecule has 5 heterocycles. The number of hydrogen-bond donors (Lipinski definition) is 6. The van der Waals surface area contributed by atoms with E-state index in [9.17, 15) is 38.2 Å². The molecule has 1 atom stereocenters. The zero-order chi connectivity index (χ0) is 41.8. The number of aliphatic imine (C=N–C) groups is 1. The van der Waals surface area contributed by atoms with Crippen molar-refractivity contribution >= 4 is 58.5 Å². The number of likely N-dealkylation sites (tertiary alicyclic amines) is 1. The average molecular weight is 813 g/mol. The van der Waals surface area contributed by atoms with Crippen LogP contribution in [0.5, 0.6) is 0 Å². The number of anilines is 2. The topological polar surface area (TPSA) is 205 Å². The Morgan fingerprint density at radius 1 is 1.07 bits per heavy atom. The van der Waals surface area contributed by atoms with E-state index in [1.54, 1.807) is 31.3 Å². The number of hydrogen-bond acceptors (Lipinski definition) is 11. The van der Waals surface area contributed by atoms with Gasteiger partial charge >= 0.3 is 0 Å². The van der Waals surface area contributed by atoms with Crippen molar-refractivity contribution in [3.63, 3.8) is 0 Å². The van der Waals surface area contributed by atoms with Crippen LogP contribution in [0.15, 0.2) is 52.8 Å². The molecular formula is C42H50F2N10O5. The number of nitrogens with one attached hydrogen (secondary N) is 5. The summed E-state index contributed by atoms with van der Waals surface area (Å²) in [4.78, 5) is 72.5. The molecule has 7 N–H and O–H groups in total. The van der Waals surface area contributed by atoms with E-state index in [-0.39, 0.29) is 53.7 Å². The van der Waals surface area contributed by atoms with Crippen LogP contribution in [-0.2, 0) is 20.8 Å². The van der Waals surface area contributed by atoms with Gasteiger partial charge in [-0.15, -0.1) is 0 Å². The minimum atomic E-state index is -2.74. The highest BCUT2D eigenvalue weighted by atomic mass is 19.3. The van der Waals surface area contributed by atoms with Crippen molar-refractivity contribution in [2.45, 2.75) is 76.3 Å². The van der Waals surface area contributed by atoms with Gasteiger partial charge < -0.3 is 31.5 Å². The van der Waals surface area contributed by atoms with Gasteiger partial charge in [0.2, 0.25) is 17.7 Å². The van der Waals surface area contributed by atoms with Gasteiger partial charge in [0.25, 0.3) is 18.2 Å². The quantitative estimate of drug-likeness (QED) is 0.0797. The van der Waals surface area contributed by atoms with Crippen molar-refractivity contribution in [2.75, 3.05) is 56.5 Å². The molecule has 2 aromatic carbocycles. The van der Waals surface area contributed by atoms with Crippen LogP contribution in [0, 0.1) is 5.41 Å². The summed E-state index contributed by atoms with van der Waals surface area (Å²) in [5.41, 5.74) is 10.5. The van der Waals surface area contributed by atoms with Crippen LogP contribution < -0.4 is 31.9 Å². The third-order valence-corrected chi connectivity index (χ3v) is 11.7. The van der Waals surface area contributed by atoms with Gasteiger partial charge in [0.15, 0.2) is 0 Å². The maximum Gasteiger partial charge on any atom is 0.264 e. The predicted octanol–water partition coefficient (Wildman–Crippen LogP) is 3.48. The van der Waals surface area contributed by atoms with Crippen LogP contribution in [0.3, 0.4) is 0 Å². The third-order valence-electron chi connectivity index (χ3n) is 11.7. The number of nitrogens with two attached hydrogens (primary N) is 1. The zero-order valence-corrected chi connectivity index (χ0v) is 33.0. The first-order valence-corrected chi connectivity index (χ1v) is 20.2. The van der Waals surface area contributed by atoms with Crippen molar-refractivity contribution < 1.29 is 32.8 Å². The van der Waals surface area contributed by atoms with Crippen molar-refractivity contribution in [3.05, 3.63) is 75.6 Å². The molecule has 0 radical (unpaired) electrons. The lowest BCUT2D eigenvalue weighted by Crippen LogP contribution is -2.54. The van der Waals surface area contributed by atoms with Crippen LogP contribution in [0.4, 0.5) is 20.2 Å². The van der Waals surface area contributed by atoms with E-state index in [1.807, 2.05) is 9.80 Å². The molecule has 2 fully saturated rings. The number of nitrogens with zero attached hydrogens (tertiary/aromatic N) is 4. The van der Waals surface area contributed by atoms with Crippen LogP contribution in [0.25, 0.3) is 5.57 Å². The normalized spacial score (nSPS) is 20.4. The molecule has 0 aromatic heterocycles. The molecule has 0 spiro atoms. The predicted molar refractivity (Wildman–Crippen MR) is 219 cm³/mol. The second-order valence-electron chi connectivity index (χ2n) is 15.4. The Morgan fingerprint density at radius 3 is 2.59 bits per heavy atom. The lowest BCUT2D eigenvalue weighted by Gasteiger charge is -2.37. The monoisotopic (exact) mass is 812 g/mol. The lowest BCUT2D eigenvalue weighted by atomic mass is 9.91. The number of allylic oxidation sites excluding steroid dienone is 1. The van der Waals surface area contributed by atoms with Crippen LogP contribution in [0.2, 0.25) is 0 Å². The summed E-state index contributed by atoms with van der Waals surface area (Å²) < 4.78 is 28.8. The van der Waals surface area contributed by atoms with Gasteiger partial charge in [0, 0.05) is 118 Å². The van der Waals surface area contributed by atoms with Crippen molar-refractivity contribution in [2.24, 2.45) is 10.7 Å². The SMILES string of the molecule is CN=C/C(=C\N)c1cc2c(cc1C(F)F)N(C(=N)C1=C(NC3CCN(C(=O)CCCNc4cccc5c4C(=O)N(C4CCC(=O)NC4=O)C5=O)CC3)CCNC1)CCC2. The number of fused-ring (bicyclic) bond motifs is 2. The van der Waals surface area contributed by atoms with E-state index < -0.39 is 36.1 Å². The minimum absolute atomic E-state index is 0.0218. The summed E-state index contributed by atoms with van der Waals surface area (Å²) in [5, 5.41) is 21.8. The van der Waals surface area contributed by atoms with Gasteiger partial charge in [-0.2, -0.15) is 0 Å². The van der Waals surface area contributed by atoms with E-state index in [1.165, 1.54) is 18.5 Å². The van der Waals surface area contributed by atoms with Crippen molar-refractivity contribution in [1.29, 1.82) is 5.41 Å². The molecule has 59 heavy (non-hydrogen) atoms. The van der Waals surface area contributed by atoms with Crippen LogP contribution in [0.1, 0.15) is 95.2 Å². The molecule has 5 aliphatic rings. The molecule has 17 heteroatoms. The molecule has 0 saturated carbocycles. The molecule has 0 aliphatic carbocycles. The highest BCUT2D eigenvalue weighted by Crippen LogP contribution is 2.38. The number of carbonyl (C=O) groups is 5. The molecule has 7 rings (SSSR count). The minimum Gasteiger partial charge on any atom is -0.404 e. The van der Waals surface area contributed by atoms with E-state index in [2.05, 4.69) is 26.3 Å². The van der Waals surface area contributed by atoms with Crippen molar-refractivity contribution in [3.8, 4) is 0 Å². The molecule has 5 amide bonds. The summed E-state index contributed by atoms with van der Waals surface area (Å²) in [6, 6.07) is 7.19. The number of rotatable bonds is 12. The molecule has 1 unspecified atom stereocenters. The number of amidine groups is 1. The number of piperidine rings is 2. The number of aryl methyl sites for hydroxylation is 1. The van der Waals surface area contributed by atoms with E-state index in [0.29, 0.717) is 74.5 Å². The zero-order valence-electron chi connectivity index (χ0n) is 33.0. The number of amides is 5. The first-order chi connectivity index (χ1) is 28.5. The summed E-state index contributed by atoms with van der Waals surface area (Å²) in [6.07, 6.45) is 4.50. The highest BCUT2D eigenvalue weighted by Gasteiger charge is 2.45. The number of benzene rings is 2. The third kappa shape index (κ3) is 8.47.